The van der Waals surface area contributed by atoms with Crippen LogP contribution in [0.25, 0.3) is 0 Å². The normalized spacial score (nSPS) is 49.0. The second-order valence-corrected chi connectivity index (χ2v) is 18.3. The van der Waals surface area contributed by atoms with Crippen molar-refractivity contribution in [3.63, 3.8) is 0 Å². The van der Waals surface area contributed by atoms with E-state index in [1.165, 1.54) is 12.8 Å². The van der Waals surface area contributed by atoms with Gasteiger partial charge in [-0.3, -0.25) is 0 Å². The Morgan fingerprint density at radius 1 is 1.10 bits per heavy atom. The summed E-state index contributed by atoms with van der Waals surface area (Å²) < 4.78 is 23.3. The Kier molecular flexibility index (Phi) is 5.95. The third kappa shape index (κ3) is 4.20. The van der Waals surface area contributed by atoms with Crippen molar-refractivity contribution in [2.75, 3.05) is 6.56 Å². The summed E-state index contributed by atoms with van der Waals surface area (Å²) in [7, 11) is -2.05. The summed E-state index contributed by atoms with van der Waals surface area (Å²) in [6.07, 6.45) is 4.42. The van der Waals surface area contributed by atoms with Crippen LogP contribution in [0.3, 0.4) is 0 Å². The Balaban J connectivity index is 2.11. The monoisotopic (exact) mass is 440 g/mol. The van der Waals surface area contributed by atoms with Crippen LogP contribution >= 0.6 is 0 Å². The Morgan fingerprint density at radius 3 is 2.30 bits per heavy atom. The molecule has 0 saturated heterocycles. The van der Waals surface area contributed by atoms with Gasteiger partial charge in [0, 0.05) is 12.7 Å². The predicted octanol–water partition coefficient (Wildman–Crippen LogP) is 6.24. The number of hydrogen-bond donors (Lipinski definition) is 2. The van der Waals surface area contributed by atoms with Gasteiger partial charge in [-0.05, 0) is 97.1 Å². The molecule has 3 aliphatic rings. The van der Waals surface area contributed by atoms with Crippen molar-refractivity contribution in [1.82, 2.24) is 0 Å². The molecule has 2 N–H and O–H groups in total. The van der Waals surface area contributed by atoms with E-state index in [-0.39, 0.29) is 28.9 Å². The van der Waals surface area contributed by atoms with Crippen LogP contribution in [0, 0.1) is 40.4 Å². The van der Waals surface area contributed by atoms with Gasteiger partial charge in [0.25, 0.3) is 0 Å². The van der Waals surface area contributed by atoms with Crippen molar-refractivity contribution in [1.29, 1.82) is 0 Å². The molecule has 0 aromatic heterocycles. The molecule has 9 atom stereocenters. The van der Waals surface area contributed by atoms with E-state index in [1.807, 2.05) is 0 Å². The fourth-order valence-corrected chi connectivity index (χ4v) is 9.27. The largest absolute Gasteiger partial charge is 0.414 e. The van der Waals surface area contributed by atoms with Crippen molar-refractivity contribution in [2.45, 2.75) is 117 Å². The molecule has 30 heavy (non-hydrogen) atoms. The summed E-state index contributed by atoms with van der Waals surface area (Å²) in [5, 5.41) is 21.5. The highest BCUT2D eigenvalue weighted by molar-refractivity contribution is 6.74. The van der Waals surface area contributed by atoms with Crippen LogP contribution in [-0.4, -0.2) is 37.3 Å². The average Bonchev–Trinajstić information content (AvgIpc) is 2.51. The van der Waals surface area contributed by atoms with E-state index < -0.39 is 26.4 Å². The summed E-state index contributed by atoms with van der Waals surface area (Å²) in [6.45, 7) is 18.5. The van der Waals surface area contributed by atoms with Gasteiger partial charge < -0.3 is 14.6 Å². The quantitative estimate of drug-likeness (QED) is 0.508. The maximum absolute atomic E-state index is 11.1. The molecule has 176 valence electrons. The molecule has 4 heteroatoms. The lowest BCUT2D eigenvalue weighted by Crippen LogP contribution is -2.64. The van der Waals surface area contributed by atoms with Crippen LogP contribution in [-0.2, 0) is 4.43 Å². The summed E-state index contributed by atoms with van der Waals surface area (Å²) in [6, 6.07) is 0. The minimum atomic E-state index is -2.25. The number of aliphatic hydroxyl groups excluding tert-OH is 1. The Bertz CT molecular complexity index is 688. The number of rotatable bonds is 4. The zero-order valence-corrected chi connectivity index (χ0v) is 22.1. The minimum absolute atomic E-state index is 0.0528. The van der Waals surface area contributed by atoms with E-state index in [0.29, 0.717) is 30.1 Å². The van der Waals surface area contributed by atoms with Gasteiger partial charge in [-0.2, -0.15) is 0 Å². The highest BCUT2D eigenvalue weighted by Crippen LogP contribution is 2.66. The summed E-state index contributed by atoms with van der Waals surface area (Å²) in [5.74, 6) is 2.55. The fourth-order valence-electron chi connectivity index (χ4n) is 7.93. The van der Waals surface area contributed by atoms with Crippen molar-refractivity contribution in [2.24, 2.45) is 40.4 Å². The molecule has 0 aromatic carbocycles. The second-order valence-electron chi connectivity index (χ2n) is 13.5. The molecular weight excluding hydrogens is 388 g/mol. The van der Waals surface area contributed by atoms with Gasteiger partial charge >= 0.3 is 0 Å². The van der Waals surface area contributed by atoms with Crippen molar-refractivity contribution < 1.29 is 17.4 Å². The van der Waals surface area contributed by atoms with Gasteiger partial charge in [0.05, 0.1) is 8.85 Å². The molecule has 0 aliphatic heterocycles. The van der Waals surface area contributed by atoms with E-state index in [9.17, 15) is 10.2 Å². The first-order valence-electron chi connectivity index (χ1n) is 13.4. The summed E-state index contributed by atoms with van der Waals surface area (Å²) in [5.41, 5.74) is -0.622. The third-order valence-corrected chi connectivity index (χ3v) is 14.5. The first-order chi connectivity index (χ1) is 14.3. The predicted molar refractivity (Wildman–Crippen MR) is 128 cm³/mol. The van der Waals surface area contributed by atoms with Crippen LogP contribution in [0.2, 0.25) is 18.1 Å². The molecule has 3 nitrogen and oxygen atoms in total. The molecule has 0 unspecified atom stereocenters. The number of hydrogen-bond acceptors (Lipinski definition) is 3. The molecule has 0 amide bonds. The van der Waals surface area contributed by atoms with Crippen LogP contribution < -0.4 is 0 Å². The van der Waals surface area contributed by atoms with Crippen LogP contribution in [0.5, 0.6) is 0 Å². The van der Waals surface area contributed by atoms with E-state index in [1.54, 1.807) is 0 Å². The molecule has 0 bridgehead atoms. The standard InChI is InChI=1S/C26H50O3Si/c1-17-12-18(2)20-14-22(29-30(8,9)24(3,4)5)23-25(6,10-11-27)15-19(28)16-26(23,7)21(20)13-17/h17-23,27-28H,10-16H2,1-9H3/t17-,18+,19-,20+,21+,22-,23+,25+,26-/m0/s1/i11D2. The fraction of sp³-hybridized carbons (Fsp3) is 1.00. The first kappa shape index (κ1) is 21.9. The molecule has 3 aliphatic carbocycles. The molecule has 0 radical (unpaired) electrons. The van der Waals surface area contributed by atoms with Gasteiger partial charge in [-0.15, -0.1) is 0 Å². The van der Waals surface area contributed by atoms with Crippen LogP contribution in [0.1, 0.15) is 89.7 Å². The molecule has 3 rings (SSSR count). The lowest BCUT2D eigenvalue weighted by atomic mass is 9.41. The highest BCUT2D eigenvalue weighted by atomic mass is 28.4. The summed E-state index contributed by atoms with van der Waals surface area (Å²) >= 11 is 0. The second kappa shape index (κ2) is 8.15. The zero-order chi connectivity index (χ0) is 24.5. The smallest absolute Gasteiger partial charge is 0.192 e. The zero-order valence-electron chi connectivity index (χ0n) is 23.1. The average molecular weight is 441 g/mol. The van der Waals surface area contributed by atoms with E-state index >= 15 is 0 Å². The van der Waals surface area contributed by atoms with Crippen LogP contribution in [0.15, 0.2) is 0 Å². The Labute approximate surface area is 190 Å². The third-order valence-electron chi connectivity index (χ3n) is 9.98. The number of fused-ring (bicyclic) bond motifs is 3. The Morgan fingerprint density at radius 2 is 1.73 bits per heavy atom. The topological polar surface area (TPSA) is 49.7 Å². The van der Waals surface area contributed by atoms with E-state index in [0.717, 1.165) is 12.8 Å². The SMILES string of the molecule is [2H]C([2H])(O)C[C@]1(C)C[C@H](O)C[C@@]2(C)[C@@H]3C[C@@H](C)C[C@@H](C)[C@H]3C[C@H](O[Si](C)(C)C(C)(C)C)[C@H]12. The lowest BCUT2D eigenvalue weighted by Gasteiger charge is -2.66. The van der Waals surface area contributed by atoms with Crippen molar-refractivity contribution >= 4 is 8.32 Å². The molecule has 0 spiro atoms. The van der Waals surface area contributed by atoms with Gasteiger partial charge in [0.2, 0.25) is 0 Å². The molecule has 3 saturated carbocycles. The van der Waals surface area contributed by atoms with Gasteiger partial charge in [-0.25, -0.2) is 0 Å². The first-order valence-corrected chi connectivity index (χ1v) is 15.3. The van der Waals surface area contributed by atoms with Crippen LogP contribution in [0.4, 0.5) is 0 Å². The van der Waals surface area contributed by atoms with E-state index in [2.05, 4.69) is 61.6 Å². The molecule has 3 fully saturated rings. The maximum Gasteiger partial charge on any atom is 0.192 e. The lowest BCUT2D eigenvalue weighted by molar-refractivity contribution is -0.205. The molecule has 0 heterocycles. The number of aliphatic hydroxyl groups is 2. The van der Waals surface area contributed by atoms with Crippen molar-refractivity contribution in [3.8, 4) is 0 Å². The van der Waals surface area contributed by atoms with Gasteiger partial charge in [0.15, 0.2) is 8.32 Å². The maximum atomic E-state index is 11.1. The molecule has 0 aromatic rings. The van der Waals surface area contributed by atoms with Gasteiger partial charge in [0.1, 0.15) is 0 Å². The van der Waals surface area contributed by atoms with E-state index in [4.69, 9.17) is 7.17 Å². The highest BCUT2D eigenvalue weighted by Gasteiger charge is 2.63. The molecular formula is C26H50O3Si. The summed E-state index contributed by atoms with van der Waals surface area (Å²) in [4.78, 5) is 0. The van der Waals surface area contributed by atoms with Crippen molar-refractivity contribution in [3.05, 3.63) is 0 Å². The Hall–Kier alpha value is 0.0969. The van der Waals surface area contributed by atoms with Gasteiger partial charge in [-0.1, -0.05) is 48.5 Å². The minimum Gasteiger partial charge on any atom is -0.414 e.